The number of nitrogens with zero attached hydrogens (tertiary/aromatic N) is 1. The molecule has 7 nitrogen and oxygen atoms in total. The molecule has 4 rings (SSSR count). The minimum Gasteiger partial charge on any atom is -0.494 e. The highest BCUT2D eigenvalue weighted by molar-refractivity contribution is 7.92. The summed E-state index contributed by atoms with van der Waals surface area (Å²) in [4.78, 5) is 12.6. The van der Waals surface area contributed by atoms with E-state index >= 15 is 0 Å². The molecule has 0 N–H and O–H groups in total. The topological polar surface area (TPSA) is 82.1 Å². The number of carbonyl (C=O) groups excluding carboxylic acids is 1. The molecule has 0 saturated carbocycles. The summed E-state index contributed by atoms with van der Waals surface area (Å²) in [5, 5.41) is 0.198. The molecule has 38 heavy (non-hydrogen) atoms. The number of hydrogen-bond acceptors (Lipinski definition) is 6. The van der Waals surface area contributed by atoms with Crippen LogP contribution in [0.25, 0.3) is 0 Å². The summed E-state index contributed by atoms with van der Waals surface area (Å²) in [5.74, 6) is -2.54. The predicted molar refractivity (Wildman–Crippen MR) is 138 cm³/mol. The molecule has 0 bridgehead atoms. The van der Waals surface area contributed by atoms with Crippen LogP contribution in [0.5, 0.6) is 11.5 Å². The number of anilines is 1. The fourth-order valence-corrected chi connectivity index (χ4v) is 6.37. The molecule has 1 aliphatic rings. The highest BCUT2D eigenvalue weighted by atomic mass is 35.5. The van der Waals surface area contributed by atoms with Crippen LogP contribution in [0.2, 0.25) is 5.02 Å². The molecule has 0 spiro atoms. The van der Waals surface area contributed by atoms with Gasteiger partial charge in [0.1, 0.15) is 18.2 Å². The van der Waals surface area contributed by atoms with E-state index in [0.717, 1.165) is 22.5 Å². The Labute approximate surface area is 224 Å². The Bertz CT molecular complexity index is 1450. The van der Waals surface area contributed by atoms with Crippen LogP contribution in [0, 0.1) is 17.6 Å². The summed E-state index contributed by atoms with van der Waals surface area (Å²) in [6.07, 6.45) is 0.230. The van der Waals surface area contributed by atoms with Gasteiger partial charge in [-0.1, -0.05) is 23.7 Å². The van der Waals surface area contributed by atoms with E-state index in [1.165, 1.54) is 25.3 Å². The minimum absolute atomic E-state index is 0.141. The first kappa shape index (κ1) is 27.7. The van der Waals surface area contributed by atoms with Crippen LogP contribution in [0.4, 0.5) is 14.5 Å². The monoisotopic (exact) mass is 565 g/mol. The number of halogens is 3. The van der Waals surface area contributed by atoms with Gasteiger partial charge in [-0.05, 0) is 56.2 Å². The average Bonchev–Trinajstić information content (AvgIpc) is 2.88. The first-order valence-electron chi connectivity index (χ1n) is 11.8. The zero-order chi connectivity index (χ0) is 27.6. The van der Waals surface area contributed by atoms with Gasteiger partial charge in [-0.15, -0.1) is 0 Å². The Hall–Kier alpha value is -3.37. The van der Waals surface area contributed by atoms with E-state index in [1.54, 1.807) is 32.0 Å². The third-order valence-electron chi connectivity index (χ3n) is 6.40. The van der Waals surface area contributed by atoms with Gasteiger partial charge >= 0.3 is 5.97 Å². The Morgan fingerprint density at radius 2 is 1.87 bits per heavy atom. The van der Waals surface area contributed by atoms with Crippen molar-refractivity contribution < 1.29 is 36.2 Å². The van der Waals surface area contributed by atoms with Crippen molar-refractivity contribution in [1.29, 1.82) is 0 Å². The fraction of sp³-hybridized carbons (Fsp3) is 0.296. The van der Waals surface area contributed by atoms with Crippen molar-refractivity contribution in [3.63, 3.8) is 0 Å². The number of benzene rings is 3. The van der Waals surface area contributed by atoms with Crippen LogP contribution in [0.3, 0.4) is 0 Å². The molecule has 3 aromatic rings. The van der Waals surface area contributed by atoms with Gasteiger partial charge in [-0.2, -0.15) is 0 Å². The summed E-state index contributed by atoms with van der Waals surface area (Å²) in [6.45, 7) is 3.23. The number of esters is 1. The lowest BCUT2D eigenvalue weighted by Crippen LogP contribution is -2.49. The van der Waals surface area contributed by atoms with Gasteiger partial charge in [0.05, 0.1) is 41.3 Å². The van der Waals surface area contributed by atoms with Crippen molar-refractivity contribution in [2.45, 2.75) is 37.8 Å². The quantitative estimate of drug-likeness (QED) is 0.334. The molecule has 11 heteroatoms. The molecule has 0 saturated heterocycles. The Kier molecular flexibility index (Phi) is 8.13. The van der Waals surface area contributed by atoms with Gasteiger partial charge in [-0.25, -0.2) is 17.2 Å². The molecule has 1 aliphatic heterocycles. The molecular weight excluding hydrogens is 540 g/mol. The molecule has 0 aliphatic carbocycles. The number of rotatable bonds is 8. The highest BCUT2D eigenvalue weighted by Crippen LogP contribution is 2.41. The fourth-order valence-electron chi connectivity index (χ4n) is 4.42. The van der Waals surface area contributed by atoms with E-state index in [0.29, 0.717) is 5.56 Å². The molecule has 202 valence electrons. The van der Waals surface area contributed by atoms with E-state index in [-0.39, 0.29) is 52.3 Å². The average molecular weight is 566 g/mol. The molecule has 0 radical (unpaired) electrons. The third-order valence-corrected chi connectivity index (χ3v) is 8.65. The molecule has 0 aromatic heterocycles. The predicted octanol–water partition coefficient (Wildman–Crippen LogP) is 5.53. The lowest BCUT2D eigenvalue weighted by Gasteiger charge is -2.40. The minimum atomic E-state index is -4.31. The number of carbonyl (C=O) groups is 1. The van der Waals surface area contributed by atoms with Crippen LogP contribution in [-0.2, 0) is 32.6 Å². The van der Waals surface area contributed by atoms with Crippen molar-refractivity contribution in [2.24, 2.45) is 5.92 Å². The van der Waals surface area contributed by atoms with E-state index in [9.17, 15) is 22.0 Å². The van der Waals surface area contributed by atoms with Crippen LogP contribution < -0.4 is 13.8 Å². The van der Waals surface area contributed by atoms with Gasteiger partial charge in [0.15, 0.2) is 11.6 Å². The van der Waals surface area contributed by atoms with E-state index in [1.807, 2.05) is 0 Å². The smallest absolute Gasteiger partial charge is 0.311 e. The van der Waals surface area contributed by atoms with E-state index < -0.39 is 39.6 Å². The standard InChI is InChI=1S/C27H26ClF2NO6S/c1-4-36-27(32)20-12-17-8-9-18(37-15-21-22(28)6-5-7-23(21)29)13-25(17)31(16(20)2)38(33,34)19-10-11-24(30)26(14-19)35-3/h5-11,13-14,16,20H,4,12,15H2,1-3H3. The maximum Gasteiger partial charge on any atom is 0.311 e. The second kappa shape index (κ2) is 11.2. The third kappa shape index (κ3) is 5.28. The van der Waals surface area contributed by atoms with Crippen LogP contribution in [0.1, 0.15) is 25.0 Å². The molecule has 0 fully saturated rings. The molecule has 2 unspecified atom stereocenters. The number of methoxy groups -OCH3 is 1. The van der Waals surface area contributed by atoms with E-state index in [2.05, 4.69) is 0 Å². The molecule has 0 amide bonds. The van der Waals surface area contributed by atoms with Crippen molar-refractivity contribution in [3.8, 4) is 11.5 Å². The largest absolute Gasteiger partial charge is 0.494 e. The Balaban J connectivity index is 1.78. The number of fused-ring (bicyclic) bond motifs is 1. The highest BCUT2D eigenvalue weighted by Gasteiger charge is 2.43. The van der Waals surface area contributed by atoms with Gasteiger partial charge in [0.2, 0.25) is 0 Å². The summed E-state index contributed by atoms with van der Waals surface area (Å²) < 4.78 is 73.2. The SMILES string of the molecule is CCOC(=O)C1Cc2ccc(OCc3c(F)cccc3Cl)cc2N(S(=O)(=O)c2ccc(F)c(OC)c2)C1C. The van der Waals surface area contributed by atoms with Crippen LogP contribution >= 0.6 is 11.6 Å². The first-order chi connectivity index (χ1) is 18.1. The van der Waals surface area contributed by atoms with Crippen molar-refractivity contribution in [1.82, 2.24) is 0 Å². The second-order valence-corrected chi connectivity index (χ2v) is 10.9. The molecule has 2 atom stereocenters. The first-order valence-corrected chi connectivity index (χ1v) is 13.6. The molecular formula is C27H26ClF2NO6S. The molecule has 3 aromatic carbocycles. The molecule has 1 heterocycles. The van der Waals surface area contributed by atoms with E-state index in [4.69, 9.17) is 25.8 Å². The zero-order valence-corrected chi connectivity index (χ0v) is 22.5. The van der Waals surface area contributed by atoms with Crippen molar-refractivity contribution >= 4 is 33.3 Å². The van der Waals surface area contributed by atoms with Gasteiger partial charge in [-0.3, -0.25) is 9.10 Å². The van der Waals surface area contributed by atoms with Crippen LogP contribution in [-0.4, -0.2) is 34.1 Å². The Morgan fingerprint density at radius 3 is 2.55 bits per heavy atom. The number of sulfonamides is 1. The lowest BCUT2D eigenvalue weighted by molar-refractivity contribution is -0.148. The number of ether oxygens (including phenoxy) is 3. The van der Waals surface area contributed by atoms with Gasteiger partial charge in [0.25, 0.3) is 10.0 Å². The van der Waals surface area contributed by atoms with Gasteiger partial charge in [0, 0.05) is 17.7 Å². The normalized spacial score (nSPS) is 17.1. The van der Waals surface area contributed by atoms with Crippen molar-refractivity contribution in [3.05, 3.63) is 82.4 Å². The van der Waals surface area contributed by atoms with Crippen LogP contribution in [0.15, 0.2) is 59.5 Å². The van der Waals surface area contributed by atoms with Gasteiger partial charge < -0.3 is 14.2 Å². The maximum absolute atomic E-state index is 14.2. The summed E-state index contributed by atoms with van der Waals surface area (Å²) in [6, 6.07) is 11.4. The second-order valence-electron chi connectivity index (χ2n) is 8.68. The summed E-state index contributed by atoms with van der Waals surface area (Å²) >= 11 is 6.10. The zero-order valence-electron chi connectivity index (χ0n) is 20.9. The summed E-state index contributed by atoms with van der Waals surface area (Å²) in [5.41, 5.74) is 0.999. The van der Waals surface area contributed by atoms with Crippen molar-refractivity contribution in [2.75, 3.05) is 18.0 Å². The summed E-state index contributed by atoms with van der Waals surface area (Å²) in [7, 11) is -3.08. The number of hydrogen-bond donors (Lipinski definition) is 0. The Morgan fingerprint density at radius 1 is 1.11 bits per heavy atom. The maximum atomic E-state index is 14.2. The lowest BCUT2D eigenvalue weighted by atomic mass is 9.88.